The average Bonchev–Trinajstić information content (AvgIpc) is 2.45. The maximum atomic E-state index is 11.7. The van der Waals surface area contributed by atoms with Gasteiger partial charge in [0, 0.05) is 0 Å². The Balaban J connectivity index is 2.69. The van der Waals surface area contributed by atoms with E-state index in [1.807, 2.05) is 0 Å². The van der Waals surface area contributed by atoms with Crippen LogP contribution in [-0.2, 0) is 14.4 Å². The Labute approximate surface area is 112 Å². The lowest BCUT2D eigenvalue weighted by Gasteiger charge is -2.25. The highest BCUT2D eigenvalue weighted by Crippen LogP contribution is 2.13. The van der Waals surface area contributed by atoms with Gasteiger partial charge in [-0.05, 0) is 25.5 Å². The summed E-state index contributed by atoms with van der Waals surface area (Å²) < 4.78 is 4.67. The summed E-state index contributed by atoms with van der Waals surface area (Å²) in [6.07, 6.45) is 1.81. The molecule has 1 aromatic rings. The SMILES string of the molecule is C=CCC(C)(NOC(=O)c1ccccc1)C(=O)OC. The van der Waals surface area contributed by atoms with Crippen molar-refractivity contribution < 1.29 is 19.2 Å². The van der Waals surface area contributed by atoms with E-state index in [2.05, 4.69) is 16.8 Å². The maximum absolute atomic E-state index is 11.7. The van der Waals surface area contributed by atoms with E-state index in [1.54, 1.807) is 43.3 Å². The highest BCUT2D eigenvalue weighted by atomic mass is 16.7. The number of rotatable bonds is 6. The van der Waals surface area contributed by atoms with E-state index >= 15 is 0 Å². The van der Waals surface area contributed by atoms with Crippen molar-refractivity contribution >= 4 is 11.9 Å². The first kappa shape index (κ1) is 14.9. The van der Waals surface area contributed by atoms with Crippen LogP contribution in [0.1, 0.15) is 23.7 Å². The lowest BCUT2D eigenvalue weighted by atomic mass is 10.00. The average molecular weight is 263 g/mol. The minimum Gasteiger partial charge on any atom is -0.468 e. The van der Waals surface area contributed by atoms with E-state index in [4.69, 9.17) is 4.84 Å². The summed E-state index contributed by atoms with van der Waals surface area (Å²) in [5.41, 5.74) is 1.69. The largest absolute Gasteiger partial charge is 0.468 e. The molecule has 0 radical (unpaired) electrons. The van der Waals surface area contributed by atoms with Gasteiger partial charge < -0.3 is 9.57 Å². The molecule has 0 spiro atoms. The number of methoxy groups -OCH3 is 1. The first-order valence-corrected chi connectivity index (χ1v) is 5.76. The molecular formula is C14H17NO4. The van der Waals surface area contributed by atoms with Crippen molar-refractivity contribution in [2.24, 2.45) is 0 Å². The van der Waals surface area contributed by atoms with Gasteiger partial charge in [-0.2, -0.15) is 0 Å². The Morgan fingerprint density at radius 2 is 2.00 bits per heavy atom. The van der Waals surface area contributed by atoms with Crippen molar-refractivity contribution in [3.63, 3.8) is 0 Å². The highest BCUT2D eigenvalue weighted by Gasteiger charge is 2.34. The number of carbonyl (C=O) groups excluding carboxylic acids is 2. The van der Waals surface area contributed by atoms with Gasteiger partial charge in [-0.25, -0.2) is 9.59 Å². The van der Waals surface area contributed by atoms with Crippen LogP contribution in [-0.4, -0.2) is 24.6 Å². The van der Waals surface area contributed by atoms with E-state index in [9.17, 15) is 9.59 Å². The van der Waals surface area contributed by atoms with Gasteiger partial charge in [0.25, 0.3) is 0 Å². The molecule has 0 aliphatic carbocycles. The maximum Gasteiger partial charge on any atom is 0.356 e. The fourth-order valence-corrected chi connectivity index (χ4v) is 1.47. The van der Waals surface area contributed by atoms with Crippen LogP contribution in [0, 0.1) is 0 Å². The van der Waals surface area contributed by atoms with Crippen LogP contribution in [0.2, 0.25) is 0 Å². The van der Waals surface area contributed by atoms with Gasteiger partial charge in [-0.3, -0.25) is 0 Å². The molecule has 1 aromatic carbocycles. The van der Waals surface area contributed by atoms with Gasteiger partial charge in [0.05, 0.1) is 12.7 Å². The van der Waals surface area contributed by atoms with E-state index in [0.29, 0.717) is 5.56 Å². The molecule has 1 unspecified atom stereocenters. The Bertz CT molecular complexity index is 458. The minimum absolute atomic E-state index is 0.266. The molecule has 5 heteroatoms. The topological polar surface area (TPSA) is 64.6 Å². The van der Waals surface area contributed by atoms with Crippen molar-refractivity contribution in [1.29, 1.82) is 0 Å². The molecular weight excluding hydrogens is 246 g/mol. The molecule has 1 atom stereocenters. The second kappa shape index (κ2) is 6.70. The molecule has 1 N–H and O–H groups in total. The van der Waals surface area contributed by atoms with Crippen molar-refractivity contribution in [2.75, 3.05) is 7.11 Å². The summed E-state index contributed by atoms with van der Waals surface area (Å²) >= 11 is 0. The Kier molecular flexibility index (Phi) is 5.26. The Morgan fingerprint density at radius 3 is 2.53 bits per heavy atom. The van der Waals surface area contributed by atoms with Crippen LogP contribution < -0.4 is 5.48 Å². The molecule has 1 rings (SSSR count). The summed E-state index contributed by atoms with van der Waals surface area (Å²) in [5, 5.41) is 0. The third-order valence-corrected chi connectivity index (χ3v) is 2.57. The summed E-state index contributed by atoms with van der Waals surface area (Å²) in [5.74, 6) is -1.10. The quantitative estimate of drug-likeness (QED) is 0.482. The molecule has 0 aliphatic rings. The Morgan fingerprint density at radius 1 is 1.37 bits per heavy atom. The molecule has 19 heavy (non-hydrogen) atoms. The predicted molar refractivity (Wildman–Crippen MR) is 70.2 cm³/mol. The van der Waals surface area contributed by atoms with Gasteiger partial charge >= 0.3 is 11.9 Å². The van der Waals surface area contributed by atoms with E-state index < -0.39 is 17.5 Å². The number of benzene rings is 1. The number of ether oxygens (including phenoxy) is 1. The zero-order chi connectivity index (χ0) is 14.3. The molecule has 0 saturated heterocycles. The second-order valence-corrected chi connectivity index (χ2v) is 4.17. The normalized spacial score (nSPS) is 13.2. The van der Waals surface area contributed by atoms with Gasteiger partial charge in [0.1, 0.15) is 0 Å². The third-order valence-electron chi connectivity index (χ3n) is 2.57. The standard InChI is InChI=1S/C14H17NO4/c1-4-10-14(2,13(17)18-3)15-19-12(16)11-8-6-5-7-9-11/h4-9,15H,1,10H2,2-3H3. The molecule has 0 saturated carbocycles. The first-order chi connectivity index (χ1) is 9.03. The van der Waals surface area contributed by atoms with Gasteiger partial charge in [0.2, 0.25) is 0 Å². The van der Waals surface area contributed by atoms with Crippen LogP contribution in [0.5, 0.6) is 0 Å². The van der Waals surface area contributed by atoms with Crippen LogP contribution in [0.15, 0.2) is 43.0 Å². The zero-order valence-electron chi connectivity index (χ0n) is 11.0. The highest BCUT2D eigenvalue weighted by molar-refractivity contribution is 5.89. The molecule has 0 fully saturated rings. The molecule has 102 valence electrons. The van der Waals surface area contributed by atoms with Gasteiger partial charge in [-0.15, -0.1) is 12.1 Å². The fourth-order valence-electron chi connectivity index (χ4n) is 1.47. The molecule has 0 amide bonds. The van der Waals surface area contributed by atoms with Crippen molar-refractivity contribution in [2.45, 2.75) is 18.9 Å². The van der Waals surface area contributed by atoms with Crippen molar-refractivity contribution in [3.8, 4) is 0 Å². The molecule has 0 aliphatic heterocycles. The number of hydrogen-bond acceptors (Lipinski definition) is 5. The van der Waals surface area contributed by atoms with Crippen LogP contribution in [0.4, 0.5) is 0 Å². The monoisotopic (exact) mass is 263 g/mol. The number of carbonyl (C=O) groups is 2. The van der Waals surface area contributed by atoms with Crippen molar-refractivity contribution in [3.05, 3.63) is 48.6 Å². The van der Waals surface area contributed by atoms with E-state index in [0.717, 1.165) is 0 Å². The summed E-state index contributed by atoms with van der Waals surface area (Å²) in [6.45, 7) is 5.13. The van der Waals surface area contributed by atoms with Gasteiger partial charge in [-0.1, -0.05) is 24.3 Å². The molecule has 0 heterocycles. The third kappa shape index (κ3) is 3.93. The lowest BCUT2D eigenvalue weighted by Crippen LogP contribution is -2.50. The Hall–Kier alpha value is -2.14. The minimum atomic E-state index is -1.15. The summed E-state index contributed by atoms with van der Waals surface area (Å²) in [4.78, 5) is 28.3. The second-order valence-electron chi connectivity index (χ2n) is 4.17. The molecule has 0 aromatic heterocycles. The van der Waals surface area contributed by atoms with E-state index in [-0.39, 0.29) is 6.42 Å². The summed E-state index contributed by atoms with van der Waals surface area (Å²) in [7, 11) is 1.27. The van der Waals surface area contributed by atoms with Crippen LogP contribution in [0.25, 0.3) is 0 Å². The van der Waals surface area contributed by atoms with E-state index in [1.165, 1.54) is 7.11 Å². The smallest absolute Gasteiger partial charge is 0.356 e. The van der Waals surface area contributed by atoms with Crippen molar-refractivity contribution in [1.82, 2.24) is 5.48 Å². The number of nitrogens with one attached hydrogen (secondary N) is 1. The number of esters is 1. The van der Waals surface area contributed by atoms with Crippen LogP contribution >= 0.6 is 0 Å². The van der Waals surface area contributed by atoms with Crippen LogP contribution in [0.3, 0.4) is 0 Å². The first-order valence-electron chi connectivity index (χ1n) is 5.76. The number of hydroxylamine groups is 1. The predicted octanol–water partition coefficient (Wildman–Crippen LogP) is 1.86. The molecule has 0 bridgehead atoms. The zero-order valence-corrected chi connectivity index (χ0v) is 11.0. The number of hydrogen-bond donors (Lipinski definition) is 1. The molecule has 5 nitrogen and oxygen atoms in total. The lowest BCUT2D eigenvalue weighted by molar-refractivity contribution is -0.152. The van der Waals surface area contributed by atoms with Gasteiger partial charge in [0.15, 0.2) is 5.54 Å². The fraction of sp³-hybridized carbons (Fsp3) is 0.286. The summed E-state index contributed by atoms with van der Waals surface area (Å²) in [6, 6.07) is 8.47.